The number of rotatable bonds is 2. The van der Waals surface area contributed by atoms with Gasteiger partial charge in [0.2, 0.25) is 5.91 Å². The van der Waals surface area contributed by atoms with Crippen LogP contribution in [0.4, 0.5) is 0 Å². The summed E-state index contributed by atoms with van der Waals surface area (Å²) in [4.78, 5) is 11.1. The molecule has 1 amide bonds. The first kappa shape index (κ1) is 8.30. The van der Waals surface area contributed by atoms with E-state index in [9.17, 15) is 4.79 Å². The first-order valence-corrected chi connectivity index (χ1v) is 4.61. The minimum absolute atomic E-state index is 0.183. The van der Waals surface area contributed by atoms with Gasteiger partial charge in [0.1, 0.15) is 0 Å². The standard InChI is InChI=1S/C11H13NO/c1-8-10(11(13)12-8)7-9-5-3-2-4-6-9/h2-6,8,10H,7H2,1H3,(H,12,13)/t8-,10-/m1/s1. The number of carbonyl (C=O) groups excluding carboxylic acids is 1. The van der Waals surface area contributed by atoms with E-state index in [2.05, 4.69) is 24.4 Å². The van der Waals surface area contributed by atoms with Crippen LogP contribution in [0.2, 0.25) is 0 Å². The van der Waals surface area contributed by atoms with Crippen molar-refractivity contribution in [2.24, 2.45) is 5.92 Å². The summed E-state index contributed by atoms with van der Waals surface area (Å²) in [6, 6.07) is 10.5. The third kappa shape index (κ3) is 1.57. The number of hydrogen-bond acceptors (Lipinski definition) is 1. The third-order valence-electron chi connectivity index (χ3n) is 2.61. The molecular formula is C11H13NO. The van der Waals surface area contributed by atoms with Crippen molar-refractivity contribution in [1.82, 2.24) is 5.32 Å². The van der Waals surface area contributed by atoms with E-state index >= 15 is 0 Å². The summed E-state index contributed by atoms with van der Waals surface area (Å²) in [5, 5.41) is 2.84. The summed E-state index contributed by atoms with van der Waals surface area (Å²) in [5.74, 6) is 0.374. The fourth-order valence-electron chi connectivity index (χ4n) is 1.70. The lowest BCUT2D eigenvalue weighted by Crippen LogP contribution is -2.57. The average molecular weight is 175 g/mol. The van der Waals surface area contributed by atoms with Gasteiger partial charge in [-0.05, 0) is 18.9 Å². The van der Waals surface area contributed by atoms with Gasteiger partial charge in [0.25, 0.3) is 0 Å². The molecule has 13 heavy (non-hydrogen) atoms. The molecule has 0 spiro atoms. The van der Waals surface area contributed by atoms with Gasteiger partial charge in [-0.1, -0.05) is 30.3 Å². The summed E-state index contributed by atoms with van der Waals surface area (Å²) in [7, 11) is 0. The lowest BCUT2D eigenvalue weighted by Gasteiger charge is -2.34. The van der Waals surface area contributed by atoms with Gasteiger partial charge in [0.15, 0.2) is 0 Å². The fourth-order valence-corrected chi connectivity index (χ4v) is 1.70. The van der Waals surface area contributed by atoms with Crippen LogP contribution in [-0.4, -0.2) is 11.9 Å². The Labute approximate surface area is 78.0 Å². The van der Waals surface area contributed by atoms with Crippen LogP contribution < -0.4 is 5.32 Å². The lowest BCUT2D eigenvalue weighted by atomic mass is 9.86. The van der Waals surface area contributed by atoms with Crippen molar-refractivity contribution in [1.29, 1.82) is 0 Å². The average Bonchev–Trinajstić information content (AvgIpc) is 2.16. The Morgan fingerprint density at radius 1 is 1.31 bits per heavy atom. The molecule has 0 unspecified atom stereocenters. The second-order valence-electron chi connectivity index (χ2n) is 3.59. The SMILES string of the molecule is C[C@H]1NC(=O)[C@@H]1Cc1ccccc1. The van der Waals surface area contributed by atoms with Crippen LogP contribution in [0.5, 0.6) is 0 Å². The largest absolute Gasteiger partial charge is 0.353 e. The van der Waals surface area contributed by atoms with E-state index in [0.717, 1.165) is 6.42 Å². The lowest BCUT2D eigenvalue weighted by molar-refractivity contribution is -0.134. The molecule has 1 N–H and O–H groups in total. The quantitative estimate of drug-likeness (QED) is 0.676. The topological polar surface area (TPSA) is 29.1 Å². The first-order valence-electron chi connectivity index (χ1n) is 4.61. The van der Waals surface area contributed by atoms with Crippen LogP contribution in [0, 0.1) is 5.92 Å². The predicted molar refractivity (Wildman–Crippen MR) is 51.2 cm³/mol. The molecule has 68 valence electrons. The maximum Gasteiger partial charge on any atom is 0.225 e. The Bertz CT molecular complexity index is 307. The van der Waals surface area contributed by atoms with Crippen LogP contribution in [0.1, 0.15) is 12.5 Å². The summed E-state index contributed by atoms with van der Waals surface area (Å²) in [6.07, 6.45) is 0.869. The summed E-state index contributed by atoms with van der Waals surface area (Å²) < 4.78 is 0. The highest BCUT2D eigenvalue weighted by atomic mass is 16.2. The van der Waals surface area contributed by atoms with E-state index in [1.54, 1.807) is 0 Å². The smallest absolute Gasteiger partial charge is 0.225 e. The first-order chi connectivity index (χ1) is 6.27. The summed E-state index contributed by atoms with van der Waals surface area (Å²) >= 11 is 0. The maximum absolute atomic E-state index is 11.1. The monoisotopic (exact) mass is 175 g/mol. The molecule has 1 saturated heterocycles. The molecule has 0 radical (unpaired) electrons. The zero-order chi connectivity index (χ0) is 9.26. The third-order valence-corrected chi connectivity index (χ3v) is 2.61. The highest BCUT2D eigenvalue weighted by molar-refractivity contribution is 5.85. The second kappa shape index (κ2) is 3.21. The van der Waals surface area contributed by atoms with E-state index < -0.39 is 0 Å². The zero-order valence-electron chi connectivity index (χ0n) is 7.66. The Hall–Kier alpha value is -1.31. The minimum Gasteiger partial charge on any atom is -0.353 e. The number of hydrogen-bond donors (Lipinski definition) is 1. The van der Waals surface area contributed by atoms with E-state index in [0.29, 0.717) is 6.04 Å². The second-order valence-corrected chi connectivity index (χ2v) is 3.59. The van der Waals surface area contributed by atoms with Gasteiger partial charge >= 0.3 is 0 Å². The number of nitrogens with one attached hydrogen (secondary N) is 1. The van der Waals surface area contributed by atoms with Crippen LogP contribution in [0.15, 0.2) is 30.3 Å². The molecule has 2 rings (SSSR count). The molecule has 1 aliphatic rings. The zero-order valence-corrected chi connectivity index (χ0v) is 7.66. The van der Waals surface area contributed by atoms with Gasteiger partial charge in [-0.15, -0.1) is 0 Å². The summed E-state index contributed by atoms with van der Waals surface area (Å²) in [5.41, 5.74) is 1.24. The van der Waals surface area contributed by atoms with Crippen LogP contribution in [-0.2, 0) is 11.2 Å². The van der Waals surface area contributed by atoms with E-state index in [4.69, 9.17) is 0 Å². The number of amides is 1. The highest BCUT2D eigenvalue weighted by Crippen LogP contribution is 2.19. The van der Waals surface area contributed by atoms with Gasteiger partial charge < -0.3 is 5.32 Å². The van der Waals surface area contributed by atoms with Crippen molar-refractivity contribution in [3.05, 3.63) is 35.9 Å². The molecule has 1 aromatic rings. The van der Waals surface area contributed by atoms with Crippen molar-refractivity contribution in [3.8, 4) is 0 Å². The molecule has 1 heterocycles. The number of carbonyl (C=O) groups is 1. The van der Waals surface area contributed by atoms with Crippen molar-refractivity contribution in [2.45, 2.75) is 19.4 Å². The molecule has 2 nitrogen and oxygen atoms in total. The van der Waals surface area contributed by atoms with Crippen LogP contribution in [0.25, 0.3) is 0 Å². The van der Waals surface area contributed by atoms with E-state index in [1.807, 2.05) is 18.2 Å². The molecule has 2 atom stereocenters. The normalized spacial score (nSPS) is 26.4. The van der Waals surface area contributed by atoms with E-state index in [1.165, 1.54) is 5.56 Å². The molecule has 0 aromatic heterocycles. The predicted octanol–water partition coefficient (Wildman–Crippen LogP) is 1.36. The van der Waals surface area contributed by atoms with Crippen molar-refractivity contribution >= 4 is 5.91 Å². The Balaban J connectivity index is 2.02. The van der Waals surface area contributed by atoms with Crippen molar-refractivity contribution < 1.29 is 4.79 Å². The fraction of sp³-hybridized carbons (Fsp3) is 0.364. The number of benzene rings is 1. The van der Waals surface area contributed by atoms with Gasteiger partial charge in [0.05, 0.1) is 5.92 Å². The van der Waals surface area contributed by atoms with Gasteiger partial charge in [0, 0.05) is 6.04 Å². The van der Waals surface area contributed by atoms with Crippen LogP contribution >= 0.6 is 0 Å². The summed E-state index contributed by atoms with van der Waals surface area (Å²) in [6.45, 7) is 2.05. The Morgan fingerprint density at radius 3 is 2.54 bits per heavy atom. The number of β-lactam (4-membered cyclic amide) rings is 1. The molecule has 1 aromatic carbocycles. The molecular weight excluding hydrogens is 162 g/mol. The Kier molecular flexibility index (Phi) is 2.05. The maximum atomic E-state index is 11.1. The molecule has 1 aliphatic heterocycles. The van der Waals surface area contributed by atoms with Crippen molar-refractivity contribution in [2.75, 3.05) is 0 Å². The minimum atomic E-state index is 0.183. The van der Waals surface area contributed by atoms with Crippen LogP contribution in [0.3, 0.4) is 0 Å². The molecule has 0 saturated carbocycles. The van der Waals surface area contributed by atoms with Gasteiger partial charge in [-0.3, -0.25) is 4.79 Å². The van der Waals surface area contributed by atoms with Crippen molar-refractivity contribution in [3.63, 3.8) is 0 Å². The van der Waals surface area contributed by atoms with Gasteiger partial charge in [-0.2, -0.15) is 0 Å². The van der Waals surface area contributed by atoms with E-state index in [-0.39, 0.29) is 11.8 Å². The van der Waals surface area contributed by atoms with Gasteiger partial charge in [-0.25, -0.2) is 0 Å². The Morgan fingerprint density at radius 2 is 2.00 bits per heavy atom. The molecule has 2 heteroatoms. The molecule has 0 bridgehead atoms. The molecule has 0 aliphatic carbocycles. The molecule has 1 fully saturated rings. The highest BCUT2D eigenvalue weighted by Gasteiger charge is 2.35.